The summed E-state index contributed by atoms with van der Waals surface area (Å²) in [5.74, 6) is 0.324. The molecule has 0 saturated carbocycles. The van der Waals surface area contributed by atoms with E-state index in [0.717, 1.165) is 5.56 Å². The first-order valence-corrected chi connectivity index (χ1v) is 5.72. The van der Waals surface area contributed by atoms with Crippen molar-refractivity contribution >= 4 is 23.2 Å². The molecular formula is C11H12ClN5O. The summed E-state index contributed by atoms with van der Waals surface area (Å²) in [4.78, 5) is 11.8. The minimum absolute atomic E-state index is 0.120. The molecule has 1 aromatic carbocycles. The van der Waals surface area contributed by atoms with E-state index in [4.69, 9.17) is 11.6 Å². The number of tetrazole rings is 1. The molecule has 0 saturated heterocycles. The number of hydrogen-bond acceptors (Lipinski definition) is 4. The second-order valence-corrected chi connectivity index (χ2v) is 4.26. The molecular weight excluding hydrogens is 254 g/mol. The fourth-order valence-corrected chi connectivity index (χ4v) is 1.65. The smallest absolute Gasteiger partial charge is 0.232 e. The highest BCUT2D eigenvalue weighted by molar-refractivity contribution is 6.31. The van der Waals surface area contributed by atoms with Gasteiger partial charge in [-0.2, -0.15) is 0 Å². The predicted molar refractivity (Wildman–Crippen MR) is 67.3 cm³/mol. The molecule has 7 heteroatoms. The minimum atomic E-state index is -0.182. The highest BCUT2D eigenvalue weighted by Crippen LogP contribution is 2.22. The van der Waals surface area contributed by atoms with Gasteiger partial charge in [-0.05, 0) is 35.0 Å². The highest BCUT2D eigenvalue weighted by Gasteiger charge is 2.11. The average molecular weight is 266 g/mol. The van der Waals surface area contributed by atoms with Gasteiger partial charge < -0.3 is 5.32 Å². The number of anilines is 1. The molecule has 0 radical (unpaired) electrons. The van der Waals surface area contributed by atoms with Crippen LogP contribution in [0.1, 0.15) is 11.4 Å². The third-order valence-electron chi connectivity index (χ3n) is 2.57. The molecule has 18 heavy (non-hydrogen) atoms. The lowest BCUT2D eigenvalue weighted by molar-refractivity contribution is -0.115. The Balaban J connectivity index is 2.08. The van der Waals surface area contributed by atoms with E-state index in [-0.39, 0.29) is 12.3 Å². The molecule has 0 unspecified atom stereocenters. The highest BCUT2D eigenvalue weighted by atomic mass is 35.5. The van der Waals surface area contributed by atoms with E-state index in [9.17, 15) is 4.79 Å². The van der Waals surface area contributed by atoms with E-state index in [0.29, 0.717) is 16.5 Å². The number of hydrogen-bond donors (Lipinski definition) is 1. The SMILES string of the molecule is Cc1c(Cl)cccc1NC(=O)Cc1nnnn1C. The lowest BCUT2D eigenvalue weighted by atomic mass is 10.2. The van der Waals surface area contributed by atoms with Gasteiger partial charge in [0.1, 0.15) is 0 Å². The fourth-order valence-electron chi connectivity index (χ4n) is 1.48. The number of aryl methyl sites for hydroxylation is 1. The van der Waals surface area contributed by atoms with Crippen LogP contribution in [0.25, 0.3) is 0 Å². The summed E-state index contributed by atoms with van der Waals surface area (Å²) in [6.07, 6.45) is 0.120. The first-order valence-electron chi connectivity index (χ1n) is 5.34. The molecule has 0 spiro atoms. The Hall–Kier alpha value is -1.95. The van der Waals surface area contributed by atoms with Crippen LogP contribution in [0.4, 0.5) is 5.69 Å². The van der Waals surface area contributed by atoms with Crippen LogP contribution >= 0.6 is 11.6 Å². The summed E-state index contributed by atoms with van der Waals surface area (Å²) in [6, 6.07) is 5.36. The Morgan fingerprint density at radius 1 is 1.50 bits per heavy atom. The Bertz CT molecular complexity index is 581. The molecule has 1 N–H and O–H groups in total. The van der Waals surface area contributed by atoms with Crippen molar-refractivity contribution in [3.63, 3.8) is 0 Å². The topological polar surface area (TPSA) is 72.7 Å². The number of carbonyl (C=O) groups is 1. The molecule has 1 amide bonds. The third kappa shape index (κ3) is 2.65. The molecule has 2 rings (SSSR count). The van der Waals surface area contributed by atoms with Crippen LogP contribution < -0.4 is 5.32 Å². The molecule has 0 aliphatic rings. The number of benzene rings is 1. The van der Waals surface area contributed by atoms with Gasteiger partial charge in [-0.3, -0.25) is 4.79 Å². The number of nitrogens with one attached hydrogen (secondary N) is 1. The monoisotopic (exact) mass is 265 g/mol. The van der Waals surface area contributed by atoms with Gasteiger partial charge in [0.05, 0.1) is 6.42 Å². The lowest BCUT2D eigenvalue weighted by Gasteiger charge is -2.08. The van der Waals surface area contributed by atoms with E-state index in [2.05, 4.69) is 20.8 Å². The van der Waals surface area contributed by atoms with Crippen molar-refractivity contribution in [2.45, 2.75) is 13.3 Å². The van der Waals surface area contributed by atoms with E-state index in [1.807, 2.05) is 6.92 Å². The summed E-state index contributed by atoms with van der Waals surface area (Å²) < 4.78 is 1.46. The molecule has 94 valence electrons. The maximum Gasteiger partial charge on any atom is 0.232 e. The second-order valence-electron chi connectivity index (χ2n) is 3.86. The Morgan fingerprint density at radius 2 is 2.28 bits per heavy atom. The van der Waals surface area contributed by atoms with Gasteiger partial charge in [-0.25, -0.2) is 4.68 Å². The molecule has 0 aliphatic heterocycles. The maximum atomic E-state index is 11.8. The fraction of sp³-hybridized carbons (Fsp3) is 0.273. The van der Waals surface area contributed by atoms with Crippen molar-refractivity contribution in [2.24, 2.45) is 7.05 Å². The van der Waals surface area contributed by atoms with E-state index in [1.165, 1.54) is 4.68 Å². The van der Waals surface area contributed by atoms with Gasteiger partial charge in [-0.15, -0.1) is 5.10 Å². The van der Waals surface area contributed by atoms with Crippen molar-refractivity contribution in [2.75, 3.05) is 5.32 Å². The first kappa shape index (κ1) is 12.5. The van der Waals surface area contributed by atoms with Crippen molar-refractivity contribution in [1.29, 1.82) is 0 Å². The predicted octanol–water partition coefficient (Wildman–Crippen LogP) is 1.35. The maximum absolute atomic E-state index is 11.8. The number of nitrogens with zero attached hydrogens (tertiary/aromatic N) is 4. The van der Waals surface area contributed by atoms with Gasteiger partial charge in [0.15, 0.2) is 5.82 Å². The number of rotatable bonds is 3. The van der Waals surface area contributed by atoms with Gasteiger partial charge in [0.25, 0.3) is 0 Å². The van der Waals surface area contributed by atoms with Gasteiger partial charge in [0, 0.05) is 17.8 Å². The number of aromatic nitrogens is 4. The Labute approximate surface area is 109 Å². The Morgan fingerprint density at radius 3 is 2.94 bits per heavy atom. The van der Waals surface area contributed by atoms with Gasteiger partial charge in [-0.1, -0.05) is 17.7 Å². The third-order valence-corrected chi connectivity index (χ3v) is 2.98. The van der Waals surface area contributed by atoms with Crippen LogP contribution in [0.3, 0.4) is 0 Å². The summed E-state index contributed by atoms with van der Waals surface area (Å²) in [6.45, 7) is 1.85. The van der Waals surface area contributed by atoms with Gasteiger partial charge >= 0.3 is 0 Å². The zero-order chi connectivity index (χ0) is 13.1. The molecule has 0 aliphatic carbocycles. The molecule has 0 atom stereocenters. The van der Waals surface area contributed by atoms with Crippen molar-refractivity contribution in [3.8, 4) is 0 Å². The van der Waals surface area contributed by atoms with Crippen molar-refractivity contribution < 1.29 is 4.79 Å². The average Bonchev–Trinajstić information content (AvgIpc) is 2.71. The standard InChI is InChI=1S/C11H12ClN5O/c1-7-8(12)4-3-5-9(7)13-11(18)6-10-14-15-16-17(10)2/h3-5H,6H2,1-2H3,(H,13,18). The summed E-state index contributed by atoms with van der Waals surface area (Å²) in [5.41, 5.74) is 1.53. The van der Waals surface area contributed by atoms with E-state index in [1.54, 1.807) is 25.2 Å². The second kappa shape index (κ2) is 5.14. The van der Waals surface area contributed by atoms with Gasteiger partial charge in [0.2, 0.25) is 5.91 Å². The summed E-state index contributed by atoms with van der Waals surface area (Å²) in [5, 5.41) is 14.3. The van der Waals surface area contributed by atoms with Crippen molar-refractivity contribution in [1.82, 2.24) is 20.2 Å². The molecule has 2 aromatic rings. The molecule has 0 fully saturated rings. The minimum Gasteiger partial charge on any atom is -0.325 e. The normalized spacial score (nSPS) is 10.4. The van der Waals surface area contributed by atoms with E-state index >= 15 is 0 Å². The Kier molecular flexibility index (Phi) is 3.57. The zero-order valence-corrected chi connectivity index (χ0v) is 10.8. The van der Waals surface area contributed by atoms with E-state index < -0.39 is 0 Å². The quantitative estimate of drug-likeness (QED) is 0.909. The largest absolute Gasteiger partial charge is 0.325 e. The zero-order valence-electron chi connectivity index (χ0n) is 10.0. The number of carbonyl (C=O) groups excluding carboxylic acids is 1. The number of halogens is 1. The molecule has 1 aromatic heterocycles. The lowest BCUT2D eigenvalue weighted by Crippen LogP contribution is -2.17. The molecule has 0 bridgehead atoms. The summed E-state index contributed by atoms with van der Waals surface area (Å²) >= 11 is 5.98. The van der Waals surface area contributed by atoms with Crippen molar-refractivity contribution in [3.05, 3.63) is 34.6 Å². The van der Waals surface area contributed by atoms with Crippen LogP contribution in [0, 0.1) is 6.92 Å². The summed E-state index contributed by atoms with van der Waals surface area (Å²) in [7, 11) is 1.69. The molecule has 1 heterocycles. The first-order chi connectivity index (χ1) is 8.58. The van der Waals surface area contributed by atoms with Crippen LogP contribution in [0.2, 0.25) is 5.02 Å². The van der Waals surface area contributed by atoms with Crippen LogP contribution in [0.15, 0.2) is 18.2 Å². The van der Waals surface area contributed by atoms with Crippen LogP contribution in [-0.4, -0.2) is 26.1 Å². The van der Waals surface area contributed by atoms with Crippen LogP contribution in [0.5, 0.6) is 0 Å². The molecule has 6 nitrogen and oxygen atoms in total. The van der Waals surface area contributed by atoms with Crippen LogP contribution in [-0.2, 0) is 18.3 Å². The number of amides is 1.